The number of alkyl halides is 3. The highest BCUT2D eigenvalue weighted by Gasteiger charge is 2.30. The molecule has 2 aromatic carbocycles. The molecule has 3 aromatic rings. The highest BCUT2D eigenvalue weighted by atomic mass is 32.2. The Labute approximate surface area is 217 Å². The van der Waals surface area contributed by atoms with Crippen LogP contribution in [0.15, 0.2) is 58.5 Å². The van der Waals surface area contributed by atoms with Crippen LogP contribution in [0, 0.1) is 19.8 Å². The fraction of sp³-hybridized carbons (Fsp3) is 0.308. The van der Waals surface area contributed by atoms with Crippen LogP contribution < -0.4 is 16.9 Å². The Morgan fingerprint density at radius 2 is 1.69 bits per heavy atom. The second kappa shape index (κ2) is 11.4. The largest absolute Gasteiger partial charge is 0.416 e. The first-order valence-electron chi connectivity index (χ1n) is 11.3. The summed E-state index contributed by atoms with van der Waals surface area (Å²) in [5, 5.41) is 6.15. The molecule has 0 fully saturated rings. The molecule has 36 heavy (non-hydrogen) atoms. The van der Waals surface area contributed by atoms with Gasteiger partial charge in [-0.05, 0) is 78.4 Å². The maximum atomic E-state index is 13.0. The van der Waals surface area contributed by atoms with Crippen LogP contribution >= 0.6 is 23.1 Å². The molecular weight excluding hydrogens is 505 g/mol. The lowest BCUT2D eigenvalue weighted by Crippen LogP contribution is -2.33. The fourth-order valence-electron chi connectivity index (χ4n) is 3.87. The summed E-state index contributed by atoms with van der Waals surface area (Å²) in [5.41, 5.74) is 8.55. The van der Waals surface area contributed by atoms with Crippen molar-refractivity contribution in [3.05, 3.63) is 75.0 Å². The SMILES string of the molecule is Cc1cc(SC(c2ccc(C(=O)NC/C(N)=N/N)s2)C(C)C)cc(C)c1-c1ccc(C(F)(F)F)cc1. The number of carbonyl (C=O) groups is 1. The van der Waals surface area contributed by atoms with Crippen molar-refractivity contribution in [3.63, 3.8) is 0 Å². The number of thiophene rings is 1. The number of nitrogens with one attached hydrogen (secondary N) is 1. The highest BCUT2D eigenvalue weighted by Crippen LogP contribution is 2.45. The number of rotatable bonds is 8. The molecule has 0 bridgehead atoms. The van der Waals surface area contributed by atoms with Gasteiger partial charge in [0.25, 0.3) is 5.91 Å². The van der Waals surface area contributed by atoms with Crippen LogP contribution in [-0.2, 0) is 6.18 Å². The lowest BCUT2D eigenvalue weighted by Gasteiger charge is -2.21. The van der Waals surface area contributed by atoms with Crippen molar-refractivity contribution in [2.45, 2.75) is 44.0 Å². The molecule has 192 valence electrons. The molecule has 1 heterocycles. The summed E-state index contributed by atoms with van der Waals surface area (Å²) in [6.07, 6.45) is -4.36. The Kier molecular flexibility index (Phi) is 8.73. The van der Waals surface area contributed by atoms with Crippen molar-refractivity contribution in [1.82, 2.24) is 5.32 Å². The number of hydrogen-bond acceptors (Lipinski definition) is 5. The highest BCUT2D eigenvalue weighted by molar-refractivity contribution is 7.99. The van der Waals surface area contributed by atoms with Crippen molar-refractivity contribution in [2.24, 2.45) is 22.6 Å². The Morgan fingerprint density at radius 1 is 1.08 bits per heavy atom. The second-order valence-electron chi connectivity index (χ2n) is 8.79. The molecule has 0 radical (unpaired) electrons. The van der Waals surface area contributed by atoms with E-state index in [4.69, 9.17) is 11.6 Å². The number of amidine groups is 1. The van der Waals surface area contributed by atoms with Crippen LogP contribution in [0.2, 0.25) is 0 Å². The Hall–Kier alpha value is -2.98. The lowest BCUT2D eigenvalue weighted by atomic mass is 9.95. The number of benzene rings is 2. The van der Waals surface area contributed by atoms with Gasteiger partial charge in [0.1, 0.15) is 5.84 Å². The van der Waals surface area contributed by atoms with Crippen molar-refractivity contribution >= 4 is 34.8 Å². The minimum Gasteiger partial charge on any atom is -0.384 e. The monoisotopic (exact) mass is 534 g/mol. The summed E-state index contributed by atoms with van der Waals surface area (Å²) in [7, 11) is 0. The van der Waals surface area contributed by atoms with E-state index in [1.54, 1.807) is 17.8 Å². The third-order valence-corrected chi connectivity index (χ3v) is 8.48. The second-order valence-corrected chi connectivity index (χ2v) is 11.1. The van der Waals surface area contributed by atoms with Crippen LogP contribution in [0.4, 0.5) is 13.2 Å². The topological polar surface area (TPSA) is 93.5 Å². The van der Waals surface area contributed by atoms with Crippen LogP contribution in [0.5, 0.6) is 0 Å². The number of thioether (sulfide) groups is 1. The predicted molar refractivity (Wildman–Crippen MR) is 142 cm³/mol. The molecule has 5 nitrogen and oxygen atoms in total. The van der Waals surface area contributed by atoms with E-state index in [1.165, 1.54) is 23.5 Å². The zero-order valence-electron chi connectivity index (χ0n) is 20.4. The maximum absolute atomic E-state index is 13.0. The molecule has 1 atom stereocenters. The minimum atomic E-state index is -4.36. The molecule has 0 saturated heterocycles. The van der Waals surface area contributed by atoms with Gasteiger partial charge in [-0.15, -0.1) is 23.1 Å². The number of halogens is 3. The number of aryl methyl sites for hydroxylation is 2. The van der Waals surface area contributed by atoms with Gasteiger partial charge >= 0.3 is 6.18 Å². The molecule has 3 rings (SSSR count). The van der Waals surface area contributed by atoms with Gasteiger partial charge in [-0.3, -0.25) is 4.79 Å². The smallest absolute Gasteiger partial charge is 0.384 e. The zero-order chi connectivity index (χ0) is 26.6. The van der Waals surface area contributed by atoms with Gasteiger partial charge in [0, 0.05) is 15.0 Å². The van der Waals surface area contributed by atoms with E-state index in [2.05, 4.69) is 36.4 Å². The summed E-state index contributed by atoms with van der Waals surface area (Å²) >= 11 is 3.14. The molecular formula is C26H29F3N4OS2. The summed E-state index contributed by atoms with van der Waals surface area (Å²) in [6, 6.07) is 13.2. The molecule has 5 N–H and O–H groups in total. The van der Waals surface area contributed by atoms with Gasteiger partial charge in [0.15, 0.2) is 0 Å². The Balaban J connectivity index is 1.82. The van der Waals surface area contributed by atoms with E-state index in [0.717, 1.165) is 44.2 Å². The van der Waals surface area contributed by atoms with E-state index in [-0.39, 0.29) is 23.5 Å². The summed E-state index contributed by atoms with van der Waals surface area (Å²) in [5.74, 6) is 5.30. The first-order chi connectivity index (χ1) is 16.9. The number of nitrogens with zero attached hydrogens (tertiary/aromatic N) is 1. The van der Waals surface area contributed by atoms with E-state index in [1.807, 2.05) is 19.9 Å². The molecule has 1 aromatic heterocycles. The average Bonchev–Trinajstić information content (AvgIpc) is 3.30. The van der Waals surface area contributed by atoms with Gasteiger partial charge in [-0.1, -0.05) is 26.0 Å². The molecule has 0 spiro atoms. The van der Waals surface area contributed by atoms with Gasteiger partial charge in [-0.2, -0.15) is 18.3 Å². The van der Waals surface area contributed by atoms with Crippen LogP contribution in [0.1, 0.15) is 50.3 Å². The number of amides is 1. The summed E-state index contributed by atoms with van der Waals surface area (Å²) in [4.78, 5) is 15.2. The fourth-order valence-corrected chi connectivity index (χ4v) is 6.49. The van der Waals surface area contributed by atoms with Gasteiger partial charge in [0.2, 0.25) is 0 Å². The quantitative estimate of drug-likeness (QED) is 0.101. The van der Waals surface area contributed by atoms with E-state index >= 15 is 0 Å². The van der Waals surface area contributed by atoms with Crippen LogP contribution in [0.25, 0.3) is 11.1 Å². The first-order valence-corrected chi connectivity index (χ1v) is 13.0. The number of hydrazone groups is 1. The first kappa shape index (κ1) is 27.6. The lowest BCUT2D eigenvalue weighted by molar-refractivity contribution is -0.137. The standard InChI is InChI=1S/C26H29F3N4OS2/c1-14(2)24(20-9-10-21(36-20)25(34)32-13-22(30)33-31)35-19-11-15(3)23(16(4)12-19)17-5-7-18(8-6-17)26(27,28)29/h5-12,14,24H,13,31H2,1-4H3,(H2,30,33)(H,32,34). The third kappa shape index (κ3) is 6.61. The van der Waals surface area contributed by atoms with Crippen molar-refractivity contribution in [3.8, 4) is 11.1 Å². The number of nitrogens with two attached hydrogens (primary N) is 2. The summed E-state index contributed by atoms with van der Waals surface area (Å²) in [6.45, 7) is 8.28. The normalized spacial score (nSPS) is 13.2. The molecule has 10 heteroatoms. The average molecular weight is 535 g/mol. The van der Waals surface area contributed by atoms with Gasteiger partial charge in [0.05, 0.1) is 17.0 Å². The minimum absolute atomic E-state index is 0.0781. The van der Waals surface area contributed by atoms with E-state index < -0.39 is 11.7 Å². The maximum Gasteiger partial charge on any atom is 0.416 e. The molecule has 0 aliphatic rings. The van der Waals surface area contributed by atoms with Crippen molar-refractivity contribution in [2.75, 3.05) is 6.54 Å². The van der Waals surface area contributed by atoms with E-state index in [9.17, 15) is 18.0 Å². The molecule has 0 saturated carbocycles. The van der Waals surface area contributed by atoms with Crippen molar-refractivity contribution in [1.29, 1.82) is 0 Å². The predicted octanol–water partition coefficient (Wildman–Crippen LogP) is 6.50. The van der Waals surface area contributed by atoms with Gasteiger partial charge in [-0.25, -0.2) is 0 Å². The van der Waals surface area contributed by atoms with E-state index in [0.29, 0.717) is 10.8 Å². The number of hydrogen-bond donors (Lipinski definition) is 3. The molecule has 0 aliphatic carbocycles. The molecule has 1 amide bonds. The summed E-state index contributed by atoms with van der Waals surface area (Å²) < 4.78 is 38.9. The molecule has 0 aliphatic heterocycles. The Morgan fingerprint density at radius 3 is 2.22 bits per heavy atom. The van der Waals surface area contributed by atoms with Crippen molar-refractivity contribution < 1.29 is 18.0 Å². The van der Waals surface area contributed by atoms with Gasteiger partial charge < -0.3 is 16.9 Å². The van der Waals surface area contributed by atoms with Crippen LogP contribution in [0.3, 0.4) is 0 Å². The van der Waals surface area contributed by atoms with Crippen LogP contribution in [-0.4, -0.2) is 18.3 Å². The molecule has 1 unspecified atom stereocenters. The number of carbonyl (C=O) groups excluding carboxylic acids is 1. The third-order valence-electron chi connectivity index (χ3n) is 5.60. The zero-order valence-corrected chi connectivity index (χ0v) is 22.1. The Bertz CT molecular complexity index is 1230.